The van der Waals surface area contributed by atoms with Crippen molar-refractivity contribution in [1.29, 1.82) is 0 Å². The molecule has 0 unspecified atom stereocenters. The van der Waals surface area contributed by atoms with Gasteiger partial charge in [0, 0.05) is 43.6 Å². The topological polar surface area (TPSA) is 54.7 Å². The van der Waals surface area contributed by atoms with Gasteiger partial charge in [-0.1, -0.05) is 18.2 Å². The van der Waals surface area contributed by atoms with Crippen molar-refractivity contribution < 1.29 is 4.74 Å². The third kappa shape index (κ3) is 2.80. The SMILES string of the molecule is c1ccc(OCC2CN(c3c4c(nc5ccnn35)CCNCC4)C2)cc1. The van der Waals surface area contributed by atoms with Crippen LogP contribution in [0.15, 0.2) is 42.6 Å². The second-order valence-electron chi connectivity index (χ2n) is 7.11. The van der Waals surface area contributed by atoms with Crippen LogP contribution >= 0.6 is 0 Å². The van der Waals surface area contributed by atoms with Gasteiger partial charge < -0.3 is 15.0 Å². The summed E-state index contributed by atoms with van der Waals surface area (Å²) in [5.74, 6) is 2.73. The summed E-state index contributed by atoms with van der Waals surface area (Å²) in [5, 5.41) is 8.02. The van der Waals surface area contributed by atoms with Crippen LogP contribution < -0.4 is 15.0 Å². The van der Waals surface area contributed by atoms with Crippen molar-refractivity contribution in [1.82, 2.24) is 19.9 Å². The van der Waals surface area contributed by atoms with Gasteiger partial charge in [0.2, 0.25) is 0 Å². The predicted octanol–water partition coefficient (Wildman–Crippen LogP) is 1.93. The Morgan fingerprint density at radius 2 is 1.92 bits per heavy atom. The van der Waals surface area contributed by atoms with E-state index in [1.807, 2.05) is 47.1 Å². The Bertz CT molecular complexity index is 901. The first-order chi connectivity index (χ1) is 12.9. The molecule has 0 aliphatic carbocycles. The summed E-state index contributed by atoms with van der Waals surface area (Å²) in [6.45, 7) is 4.77. The molecule has 26 heavy (non-hydrogen) atoms. The van der Waals surface area contributed by atoms with E-state index in [0.29, 0.717) is 5.92 Å². The van der Waals surface area contributed by atoms with Gasteiger partial charge in [-0.2, -0.15) is 9.61 Å². The molecule has 0 atom stereocenters. The average Bonchev–Trinajstić information content (AvgIpc) is 2.97. The van der Waals surface area contributed by atoms with E-state index in [0.717, 1.165) is 57.0 Å². The zero-order chi connectivity index (χ0) is 17.3. The zero-order valence-electron chi connectivity index (χ0n) is 14.8. The molecule has 134 valence electrons. The lowest BCUT2D eigenvalue weighted by molar-refractivity contribution is 0.219. The Morgan fingerprint density at radius 1 is 1.08 bits per heavy atom. The molecule has 2 aliphatic rings. The molecule has 0 bridgehead atoms. The predicted molar refractivity (Wildman–Crippen MR) is 101 cm³/mol. The molecule has 0 radical (unpaired) electrons. The first kappa shape index (κ1) is 15.6. The normalized spacial score (nSPS) is 17.6. The van der Waals surface area contributed by atoms with E-state index < -0.39 is 0 Å². The number of benzene rings is 1. The van der Waals surface area contributed by atoms with Crippen molar-refractivity contribution >= 4 is 11.5 Å². The fourth-order valence-electron chi connectivity index (χ4n) is 3.92. The van der Waals surface area contributed by atoms with Crippen LogP contribution in [0.3, 0.4) is 0 Å². The highest BCUT2D eigenvalue weighted by atomic mass is 16.5. The van der Waals surface area contributed by atoms with Crippen molar-refractivity contribution in [2.45, 2.75) is 12.8 Å². The molecule has 2 aromatic heterocycles. The fraction of sp³-hybridized carbons (Fsp3) is 0.400. The van der Waals surface area contributed by atoms with E-state index in [4.69, 9.17) is 9.72 Å². The molecule has 5 rings (SSSR count). The van der Waals surface area contributed by atoms with E-state index in [2.05, 4.69) is 15.3 Å². The smallest absolute Gasteiger partial charge is 0.157 e. The van der Waals surface area contributed by atoms with Gasteiger partial charge in [-0.3, -0.25) is 0 Å². The summed E-state index contributed by atoms with van der Waals surface area (Å²) in [6.07, 6.45) is 3.84. The minimum atomic E-state index is 0.550. The number of anilines is 1. The maximum absolute atomic E-state index is 5.93. The van der Waals surface area contributed by atoms with Crippen LogP contribution in [-0.2, 0) is 12.8 Å². The van der Waals surface area contributed by atoms with Crippen molar-refractivity contribution in [2.75, 3.05) is 37.7 Å². The molecule has 0 amide bonds. The van der Waals surface area contributed by atoms with Gasteiger partial charge in [0.25, 0.3) is 0 Å². The lowest BCUT2D eigenvalue weighted by atomic mass is 9.99. The Labute approximate surface area is 152 Å². The molecule has 2 aliphatic heterocycles. The van der Waals surface area contributed by atoms with Gasteiger partial charge in [0.05, 0.1) is 18.5 Å². The van der Waals surface area contributed by atoms with Crippen LogP contribution in [0.25, 0.3) is 5.65 Å². The largest absolute Gasteiger partial charge is 0.493 e. The Kier molecular flexibility index (Phi) is 3.97. The summed E-state index contributed by atoms with van der Waals surface area (Å²) >= 11 is 0. The van der Waals surface area contributed by atoms with Crippen LogP contribution in [0.5, 0.6) is 5.75 Å². The third-order valence-corrected chi connectivity index (χ3v) is 5.27. The second kappa shape index (κ2) is 6.61. The van der Waals surface area contributed by atoms with Crippen molar-refractivity contribution in [3.8, 4) is 5.75 Å². The molecule has 4 heterocycles. The molecule has 1 aromatic carbocycles. The monoisotopic (exact) mass is 349 g/mol. The maximum Gasteiger partial charge on any atom is 0.157 e. The number of nitrogens with zero attached hydrogens (tertiary/aromatic N) is 4. The molecule has 3 aromatic rings. The third-order valence-electron chi connectivity index (χ3n) is 5.27. The number of para-hydroxylation sites is 1. The van der Waals surface area contributed by atoms with E-state index in [1.54, 1.807) is 0 Å². The van der Waals surface area contributed by atoms with Crippen LogP contribution in [0.2, 0.25) is 0 Å². The van der Waals surface area contributed by atoms with Gasteiger partial charge in [-0.05, 0) is 25.1 Å². The first-order valence-electron chi connectivity index (χ1n) is 9.37. The molecule has 6 heteroatoms. The zero-order valence-corrected chi connectivity index (χ0v) is 14.8. The summed E-state index contributed by atoms with van der Waals surface area (Å²) < 4.78 is 7.94. The lowest BCUT2D eigenvalue weighted by Gasteiger charge is -2.41. The minimum absolute atomic E-state index is 0.550. The molecule has 1 saturated heterocycles. The molecular formula is C20H23N5O. The van der Waals surface area contributed by atoms with Gasteiger partial charge >= 0.3 is 0 Å². The molecule has 1 N–H and O–H groups in total. The number of ether oxygens (including phenoxy) is 1. The van der Waals surface area contributed by atoms with Crippen LogP contribution in [-0.4, -0.2) is 47.4 Å². The summed E-state index contributed by atoms with van der Waals surface area (Å²) in [6, 6.07) is 12.1. The standard InChI is InChI=1S/C20H23N5O/c1-2-4-16(5-3-1)26-14-15-12-24(13-15)20-17-6-9-21-10-7-18(17)23-19-8-11-22-25(19)20/h1-5,8,11,15,21H,6-7,9-10,12-14H2. The van der Waals surface area contributed by atoms with Gasteiger partial charge in [-0.15, -0.1) is 0 Å². The van der Waals surface area contributed by atoms with E-state index >= 15 is 0 Å². The average molecular weight is 349 g/mol. The highest BCUT2D eigenvalue weighted by molar-refractivity contribution is 5.58. The van der Waals surface area contributed by atoms with Gasteiger partial charge in [0.15, 0.2) is 5.65 Å². The van der Waals surface area contributed by atoms with E-state index in [-0.39, 0.29) is 0 Å². The number of hydrogen-bond acceptors (Lipinski definition) is 5. The Balaban J connectivity index is 1.35. The van der Waals surface area contributed by atoms with Crippen molar-refractivity contribution in [2.24, 2.45) is 5.92 Å². The molecule has 0 saturated carbocycles. The first-order valence-corrected chi connectivity index (χ1v) is 9.37. The van der Waals surface area contributed by atoms with E-state index in [1.165, 1.54) is 17.1 Å². The highest BCUT2D eigenvalue weighted by Gasteiger charge is 2.32. The summed E-state index contributed by atoms with van der Waals surface area (Å²) in [4.78, 5) is 7.28. The van der Waals surface area contributed by atoms with Crippen LogP contribution in [0, 0.1) is 5.92 Å². The molecular weight excluding hydrogens is 326 g/mol. The number of fused-ring (bicyclic) bond motifs is 2. The van der Waals surface area contributed by atoms with Gasteiger partial charge in [-0.25, -0.2) is 4.98 Å². The minimum Gasteiger partial charge on any atom is -0.493 e. The summed E-state index contributed by atoms with van der Waals surface area (Å²) in [7, 11) is 0. The molecule has 1 fully saturated rings. The van der Waals surface area contributed by atoms with Crippen molar-refractivity contribution in [3.63, 3.8) is 0 Å². The van der Waals surface area contributed by atoms with Crippen LogP contribution in [0.1, 0.15) is 11.3 Å². The summed E-state index contributed by atoms with van der Waals surface area (Å²) in [5.41, 5.74) is 3.53. The number of hydrogen-bond donors (Lipinski definition) is 1. The maximum atomic E-state index is 5.93. The number of rotatable bonds is 4. The van der Waals surface area contributed by atoms with E-state index in [9.17, 15) is 0 Å². The molecule has 0 spiro atoms. The Morgan fingerprint density at radius 3 is 2.81 bits per heavy atom. The van der Waals surface area contributed by atoms with Gasteiger partial charge in [0.1, 0.15) is 11.6 Å². The molecule has 6 nitrogen and oxygen atoms in total. The Hall–Kier alpha value is -2.60. The second-order valence-corrected chi connectivity index (χ2v) is 7.11. The number of nitrogens with one attached hydrogen (secondary N) is 1. The van der Waals surface area contributed by atoms with Crippen LogP contribution in [0.4, 0.5) is 5.82 Å². The number of aromatic nitrogens is 3. The fourth-order valence-corrected chi connectivity index (χ4v) is 3.92. The quantitative estimate of drug-likeness (QED) is 0.780. The highest BCUT2D eigenvalue weighted by Crippen LogP contribution is 2.31. The lowest BCUT2D eigenvalue weighted by Crippen LogP contribution is -2.50. The van der Waals surface area contributed by atoms with Crippen molar-refractivity contribution in [3.05, 3.63) is 53.9 Å².